The first kappa shape index (κ1) is 23.6. The van der Waals surface area contributed by atoms with Gasteiger partial charge in [-0.15, -0.1) is 12.4 Å². The van der Waals surface area contributed by atoms with Gasteiger partial charge >= 0.3 is 6.18 Å². The third-order valence-electron chi connectivity index (χ3n) is 4.96. The Morgan fingerprint density at radius 1 is 1.03 bits per heavy atom. The minimum absolute atomic E-state index is 0. The molecule has 4 rings (SSSR count). The van der Waals surface area contributed by atoms with Gasteiger partial charge in [-0.05, 0) is 48.0 Å². The van der Waals surface area contributed by atoms with Crippen molar-refractivity contribution in [2.75, 3.05) is 12.0 Å². The molecule has 166 valence electrons. The van der Waals surface area contributed by atoms with Crippen LogP contribution in [0.5, 0.6) is 5.75 Å². The summed E-state index contributed by atoms with van der Waals surface area (Å²) >= 11 is 5.93. The molecule has 3 aromatic rings. The molecule has 1 aliphatic rings. The zero-order chi connectivity index (χ0) is 22.3. The minimum Gasteiger partial charge on any atom is -0.497 e. The first-order valence-electron chi connectivity index (χ1n) is 9.05. The molecule has 10 heteroatoms. The fourth-order valence-corrected chi connectivity index (χ4v) is 3.58. The topological polar surface area (TPSA) is 59.5 Å². The lowest BCUT2D eigenvalue weighted by Gasteiger charge is -2.32. The highest BCUT2D eigenvalue weighted by atomic mass is 35.5. The third-order valence-corrected chi connectivity index (χ3v) is 5.21. The lowest BCUT2D eigenvalue weighted by atomic mass is 9.84. The van der Waals surface area contributed by atoms with Gasteiger partial charge in [0.2, 0.25) is 5.91 Å². The highest BCUT2D eigenvalue weighted by Crippen LogP contribution is 2.39. The number of aromatic nitrogens is 1. The van der Waals surface area contributed by atoms with E-state index in [0.717, 1.165) is 11.0 Å². The Morgan fingerprint density at radius 3 is 2.22 bits per heavy atom. The van der Waals surface area contributed by atoms with Crippen LogP contribution in [-0.4, -0.2) is 23.9 Å². The highest BCUT2D eigenvalue weighted by molar-refractivity contribution is 6.30. The van der Waals surface area contributed by atoms with Gasteiger partial charge < -0.3 is 4.74 Å². The summed E-state index contributed by atoms with van der Waals surface area (Å²) in [4.78, 5) is 31.2. The number of methoxy groups -OCH3 is 1. The van der Waals surface area contributed by atoms with Gasteiger partial charge in [0.05, 0.1) is 24.3 Å². The van der Waals surface area contributed by atoms with Crippen molar-refractivity contribution in [3.8, 4) is 5.75 Å². The van der Waals surface area contributed by atoms with Crippen molar-refractivity contribution in [3.05, 3.63) is 88.2 Å². The van der Waals surface area contributed by atoms with Crippen LogP contribution in [-0.2, 0) is 11.0 Å². The van der Waals surface area contributed by atoms with Gasteiger partial charge in [0.25, 0.3) is 5.91 Å². The van der Waals surface area contributed by atoms with E-state index < -0.39 is 29.5 Å². The van der Waals surface area contributed by atoms with Crippen LogP contribution >= 0.6 is 24.0 Å². The predicted octanol–water partition coefficient (Wildman–Crippen LogP) is 5.50. The van der Waals surface area contributed by atoms with Gasteiger partial charge in [-0.25, -0.2) is 4.90 Å². The molecule has 0 N–H and O–H groups in total. The van der Waals surface area contributed by atoms with Crippen molar-refractivity contribution < 1.29 is 27.5 Å². The van der Waals surface area contributed by atoms with E-state index in [9.17, 15) is 22.8 Å². The van der Waals surface area contributed by atoms with E-state index in [2.05, 4.69) is 4.98 Å². The quantitative estimate of drug-likeness (QED) is 0.462. The van der Waals surface area contributed by atoms with Crippen LogP contribution < -0.4 is 9.64 Å². The summed E-state index contributed by atoms with van der Waals surface area (Å²) < 4.78 is 45.0. The van der Waals surface area contributed by atoms with Gasteiger partial charge in [0, 0.05) is 16.8 Å². The van der Waals surface area contributed by atoms with Crippen LogP contribution in [0.15, 0.2) is 60.8 Å². The smallest absolute Gasteiger partial charge is 0.417 e. The second-order valence-corrected chi connectivity index (χ2v) is 7.26. The summed E-state index contributed by atoms with van der Waals surface area (Å²) in [6.07, 6.45) is -4.08. The van der Waals surface area contributed by atoms with E-state index in [1.54, 1.807) is 12.1 Å². The number of nitrogens with zero attached hydrogens (tertiary/aromatic N) is 2. The number of ether oxygens (including phenoxy) is 1. The Labute approximate surface area is 192 Å². The van der Waals surface area contributed by atoms with Crippen LogP contribution in [0.2, 0.25) is 5.02 Å². The number of benzene rings is 2. The molecule has 32 heavy (non-hydrogen) atoms. The molecule has 2 amide bonds. The molecule has 0 fully saturated rings. The Morgan fingerprint density at radius 2 is 1.66 bits per heavy atom. The molecule has 2 aromatic carbocycles. The number of carbonyl (C=O) groups excluding carboxylic acids is 2. The largest absolute Gasteiger partial charge is 0.497 e. The second kappa shape index (κ2) is 8.80. The number of hydrogen-bond acceptors (Lipinski definition) is 4. The Kier molecular flexibility index (Phi) is 6.48. The summed E-state index contributed by atoms with van der Waals surface area (Å²) in [7, 11) is 1.47. The normalized spacial score (nSPS) is 15.8. The standard InChI is InChI=1S/C22H14ClF3N2O3.ClH/c1-31-16-8-6-15(7-9-16)28-20(29)18(12-2-4-14(23)5-3-12)17-10-13(22(24,25)26)11-27-19(17)21(28)30;/h2-11,18H,1H3;1H. The van der Waals surface area contributed by atoms with Crippen molar-refractivity contribution in [2.45, 2.75) is 12.1 Å². The monoisotopic (exact) mass is 482 g/mol. The first-order chi connectivity index (χ1) is 14.7. The summed E-state index contributed by atoms with van der Waals surface area (Å²) in [5, 5.41) is 0.400. The van der Waals surface area contributed by atoms with E-state index >= 15 is 0 Å². The van der Waals surface area contributed by atoms with Gasteiger partial charge in [0.1, 0.15) is 11.4 Å². The lowest BCUT2D eigenvalue weighted by molar-refractivity contribution is -0.138. The maximum Gasteiger partial charge on any atom is 0.417 e. The maximum atomic E-state index is 13.4. The van der Waals surface area contributed by atoms with Gasteiger partial charge in [-0.1, -0.05) is 23.7 Å². The number of anilines is 1. The zero-order valence-electron chi connectivity index (χ0n) is 16.4. The molecule has 1 atom stereocenters. The van der Waals surface area contributed by atoms with E-state index in [4.69, 9.17) is 16.3 Å². The van der Waals surface area contributed by atoms with Crippen molar-refractivity contribution >= 4 is 41.5 Å². The molecule has 0 saturated carbocycles. The third kappa shape index (κ3) is 4.16. The van der Waals surface area contributed by atoms with E-state index in [1.807, 2.05) is 0 Å². The van der Waals surface area contributed by atoms with E-state index in [0.29, 0.717) is 22.5 Å². The molecule has 0 saturated heterocycles. The molecule has 0 bridgehead atoms. The zero-order valence-corrected chi connectivity index (χ0v) is 18.0. The Balaban J connectivity index is 0.00000289. The predicted molar refractivity (Wildman–Crippen MR) is 115 cm³/mol. The van der Waals surface area contributed by atoms with Crippen LogP contribution in [0.1, 0.15) is 33.1 Å². The molecule has 1 unspecified atom stereocenters. The molecule has 1 aromatic heterocycles. The summed E-state index contributed by atoms with van der Waals surface area (Å²) in [5.41, 5.74) is -0.714. The number of hydrogen-bond donors (Lipinski definition) is 0. The van der Waals surface area contributed by atoms with Crippen LogP contribution in [0.25, 0.3) is 0 Å². The molecule has 5 nitrogen and oxygen atoms in total. The molecule has 1 aliphatic heterocycles. The highest BCUT2D eigenvalue weighted by Gasteiger charge is 2.43. The fourth-order valence-electron chi connectivity index (χ4n) is 3.46. The Hall–Kier alpha value is -3.10. The summed E-state index contributed by atoms with van der Waals surface area (Å²) in [6.45, 7) is 0. The van der Waals surface area contributed by atoms with Crippen LogP contribution in [0, 0.1) is 0 Å². The van der Waals surface area contributed by atoms with E-state index in [-0.39, 0.29) is 29.4 Å². The van der Waals surface area contributed by atoms with Gasteiger partial charge in [-0.2, -0.15) is 13.2 Å². The van der Waals surface area contributed by atoms with Crippen molar-refractivity contribution in [2.24, 2.45) is 0 Å². The van der Waals surface area contributed by atoms with Crippen molar-refractivity contribution in [1.29, 1.82) is 0 Å². The number of halogens is 5. The number of rotatable bonds is 3. The summed E-state index contributed by atoms with van der Waals surface area (Å²) in [6, 6.07) is 13.1. The first-order valence-corrected chi connectivity index (χ1v) is 9.43. The molecule has 0 spiro atoms. The molecular formula is C22H15Cl2F3N2O3. The number of carbonyl (C=O) groups is 2. The number of pyridine rings is 1. The molecule has 0 aliphatic carbocycles. The second-order valence-electron chi connectivity index (χ2n) is 6.82. The van der Waals surface area contributed by atoms with Crippen molar-refractivity contribution in [1.82, 2.24) is 4.98 Å². The minimum atomic E-state index is -4.67. The SMILES string of the molecule is COc1ccc(N2C(=O)c3ncc(C(F)(F)F)cc3C(c3ccc(Cl)cc3)C2=O)cc1.Cl. The van der Waals surface area contributed by atoms with Crippen molar-refractivity contribution in [3.63, 3.8) is 0 Å². The molecular weight excluding hydrogens is 468 g/mol. The number of fused-ring (bicyclic) bond motifs is 1. The molecule has 0 radical (unpaired) electrons. The van der Waals surface area contributed by atoms with Gasteiger partial charge in [0.15, 0.2) is 0 Å². The summed E-state index contributed by atoms with van der Waals surface area (Å²) in [5.74, 6) is -2.14. The van der Waals surface area contributed by atoms with E-state index in [1.165, 1.54) is 43.5 Å². The average Bonchev–Trinajstić information content (AvgIpc) is 2.74. The van der Waals surface area contributed by atoms with Crippen LogP contribution in [0.3, 0.4) is 0 Å². The molecule has 2 heterocycles. The lowest BCUT2D eigenvalue weighted by Crippen LogP contribution is -2.46. The fraction of sp³-hybridized carbons (Fsp3) is 0.136. The average molecular weight is 483 g/mol. The number of imide groups is 1. The number of alkyl halides is 3. The number of amides is 2. The maximum absolute atomic E-state index is 13.4. The van der Waals surface area contributed by atoms with Crippen LogP contribution in [0.4, 0.5) is 18.9 Å². The van der Waals surface area contributed by atoms with Gasteiger partial charge in [-0.3, -0.25) is 14.6 Å². The Bertz CT molecular complexity index is 1170.